The number of aryl methyl sites for hydroxylation is 1. The summed E-state index contributed by atoms with van der Waals surface area (Å²) in [7, 11) is 0. The molecule has 1 aliphatic heterocycles. The van der Waals surface area contributed by atoms with E-state index in [2.05, 4.69) is 15.7 Å². The van der Waals surface area contributed by atoms with Crippen LogP contribution in [0.3, 0.4) is 0 Å². The number of allylic oxidation sites excluding steroid dienone is 1. The van der Waals surface area contributed by atoms with E-state index in [1.54, 1.807) is 20.8 Å². The Kier molecular flexibility index (Phi) is 5.77. The van der Waals surface area contributed by atoms with Gasteiger partial charge in [-0.25, -0.2) is 14.3 Å². The number of nitrogens with zero attached hydrogens (tertiary/aromatic N) is 3. The predicted molar refractivity (Wildman–Crippen MR) is 92.1 cm³/mol. The molecule has 2 N–H and O–H groups in total. The molecule has 1 aromatic rings. The molecular formula is C17H21N5O4. The highest BCUT2D eigenvalue weighted by Crippen LogP contribution is 2.18. The fourth-order valence-electron chi connectivity index (χ4n) is 2.75. The second kappa shape index (κ2) is 7.82. The highest BCUT2D eigenvalue weighted by molar-refractivity contribution is 5.94. The van der Waals surface area contributed by atoms with Crippen molar-refractivity contribution < 1.29 is 14.3 Å². The highest BCUT2D eigenvalue weighted by atomic mass is 16.5. The summed E-state index contributed by atoms with van der Waals surface area (Å²) in [6, 6.07) is 0.878. The number of carbonyl (C=O) groups excluding carboxylic acids is 2. The molecule has 0 aromatic carbocycles. The fourth-order valence-corrected chi connectivity index (χ4v) is 2.75. The minimum absolute atomic E-state index is 0.0110. The molecule has 2 amide bonds. The Hall–Kier alpha value is -3.15. The van der Waals surface area contributed by atoms with E-state index in [0.717, 1.165) is 4.68 Å². The number of esters is 1. The molecule has 1 atom stereocenters. The van der Waals surface area contributed by atoms with Crippen LogP contribution in [-0.4, -0.2) is 34.4 Å². The predicted octanol–water partition coefficient (Wildman–Crippen LogP) is 0.640. The Morgan fingerprint density at radius 3 is 2.62 bits per heavy atom. The standard InChI is InChI=1S/C17H21N5O4/c1-5-12-14(16(24)26-6-2)13(20-17(25)19-12)8-22-15(23)11(7-18)9(3)10(4)21-22/h12H,5-6,8H2,1-4H3,(H2,19,20,25). The van der Waals surface area contributed by atoms with Crippen molar-refractivity contribution in [2.45, 2.75) is 46.7 Å². The normalized spacial score (nSPS) is 16.6. The van der Waals surface area contributed by atoms with Crippen LogP contribution in [0.25, 0.3) is 0 Å². The number of nitrogens with one attached hydrogen (secondary N) is 2. The van der Waals surface area contributed by atoms with E-state index in [1.807, 2.05) is 13.0 Å². The maximum Gasteiger partial charge on any atom is 0.337 e. The second-order valence-electron chi connectivity index (χ2n) is 5.83. The average Bonchev–Trinajstić information content (AvgIpc) is 2.59. The summed E-state index contributed by atoms with van der Waals surface area (Å²) in [6.45, 7) is 6.87. The van der Waals surface area contributed by atoms with Crippen LogP contribution in [0.5, 0.6) is 0 Å². The fraction of sp³-hybridized carbons (Fsp3) is 0.471. The van der Waals surface area contributed by atoms with Gasteiger partial charge in [0.15, 0.2) is 0 Å². The highest BCUT2D eigenvalue weighted by Gasteiger charge is 2.32. The second-order valence-corrected chi connectivity index (χ2v) is 5.83. The molecule has 2 rings (SSSR count). The summed E-state index contributed by atoms with van der Waals surface area (Å²) < 4.78 is 6.16. The number of aromatic nitrogens is 2. The number of nitriles is 1. The lowest BCUT2D eigenvalue weighted by molar-refractivity contribution is -0.139. The van der Waals surface area contributed by atoms with Crippen molar-refractivity contribution in [1.29, 1.82) is 5.26 Å². The van der Waals surface area contributed by atoms with Crippen molar-refractivity contribution in [2.24, 2.45) is 0 Å². The lowest BCUT2D eigenvalue weighted by Crippen LogP contribution is -2.51. The van der Waals surface area contributed by atoms with Gasteiger partial charge in [0.05, 0.1) is 36.2 Å². The third-order valence-electron chi connectivity index (χ3n) is 4.20. The lowest BCUT2D eigenvalue weighted by atomic mass is 10.00. The number of carbonyl (C=O) groups is 2. The topological polar surface area (TPSA) is 126 Å². The summed E-state index contributed by atoms with van der Waals surface area (Å²) in [5.41, 5.74) is 0.927. The molecule has 0 saturated carbocycles. The first kappa shape index (κ1) is 19.2. The molecule has 0 saturated heterocycles. The van der Waals surface area contributed by atoms with Crippen LogP contribution in [0.2, 0.25) is 0 Å². The monoisotopic (exact) mass is 359 g/mol. The van der Waals surface area contributed by atoms with Crippen molar-refractivity contribution in [2.75, 3.05) is 6.61 Å². The van der Waals surface area contributed by atoms with Crippen LogP contribution in [-0.2, 0) is 16.1 Å². The zero-order valence-corrected chi connectivity index (χ0v) is 15.2. The van der Waals surface area contributed by atoms with Gasteiger partial charge in [-0.3, -0.25) is 4.79 Å². The first-order valence-corrected chi connectivity index (χ1v) is 8.30. The molecule has 0 spiro atoms. The molecule has 9 heteroatoms. The number of hydrogen-bond acceptors (Lipinski definition) is 6. The van der Waals surface area contributed by atoms with E-state index in [0.29, 0.717) is 17.7 Å². The Balaban J connectivity index is 2.58. The van der Waals surface area contributed by atoms with E-state index in [9.17, 15) is 19.6 Å². The summed E-state index contributed by atoms with van der Waals surface area (Å²) >= 11 is 0. The average molecular weight is 359 g/mol. The van der Waals surface area contributed by atoms with Crippen LogP contribution in [0.4, 0.5) is 4.79 Å². The van der Waals surface area contributed by atoms with Gasteiger partial charge in [0.2, 0.25) is 0 Å². The van der Waals surface area contributed by atoms with Crippen LogP contribution in [0.1, 0.15) is 37.1 Å². The van der Waals surface area contributed by atoms with Crippen molar-refractivity contribution >= 4 is 12.0 Å². The number of amides is 2. The van der Waals surface area contributed by atoms with Gasteiger partial charge in [-0.05, 0) is 32.8 Å². The molecule has 138 valence electrons. The number of ether oxygens (including phenoxy) is 1. The van der Waals surface area contributed by atoms with Crippen LogP contribution < -0.4 is 16.2 Å². The number of urea groups is 1. The third-order valence-corrected chi connectivity index (χ3v) is 4.20. The van der Waals surface area contributed by atoms with Crippen LogP contribution in [0, 0.1) is 25.2 Å². The Bertz CT molecular complexity index is 878. The van der Waals surface area contributed by atoms with Gasteiger partial charge in [-0.2, -0.15) is 10.4 Å². The van der Waals surface area contributed by atoms with Gasteiger partial charge in [-0.15, -0.1) is 0 Å². The van der Waals surface area contributed by atoms with Gasteiger partial charge in [0.1, 0.15) is 11.6 Å². The minimum atomic E-state index is -0.577. The lowest BCUT2D eigenvalue weighted by Gasteiger charge is -2.28. The van der Waals surface area contributed by atoms with Crippen molar-refractivity contribution in [3.8, 4) is 6.07 Å². The SMILES string of the molecule is CCOC(=O)C1=C(Cn2nc(C)c(C)c(C#N)c2=O)NC(=O)NC1CC. The minimum Gasteiger partial charge on any atom is -0.463 e. The molecule has 1 aromatic heterocycles. The molecule has 9 nitrogen and oxygen atoms in total. The Labute approximate surface area is 150 Å². The summed E-state index contributed by atoms with van der Waals surface area (Å²) in [5, 5.41) is 18.6. The largest absolute Gasteiger partial charge is 0.463 e. The molecule has 0 bridgehead atoms. The molecular weight excluding hydrogens is 338 g/mol. The van der Waals surface area contributed by atoms with Crippen molar-refractivity contribution in [1.82, 2.24) is 20.4 Å². The van der Waals surface area contributed by atoms with Crippen LogP contribution in [0.15, 0.2) is 16.1 Å². The van der Waals surface area contributed by atoms with Gasteiger partial charge in [0.25, 0.3) is 5.56 Å². The van der Waals surface area contributed by atoms with Gasteiger partial charge in [0, 0.05) is 0 Å². The smallest absolute Gasteiger partial charge is 0.337 e. The number of rotatable bonds is 5. The zero-order chi connectivity index (χ0) is 19.4. The Morgan fingerprint density at radius 1 is 1.35 bits per heavy atom. The van der Waals surface area contributed by atoms with Crippen molar-refractivity contribution in [3.63, 3.8) is 0 Å². The molecule has 2 heterocycles. The molecule has 1 aliphatic rings. The van der Waals surface area contributed by atoms with Gasteiger partial charge >= 0.3 is 12.0 Å². The zero-order valence-electron chi connectivity index (χ0n) is 15.2. The van der Waals surface area contributed by atoms with E-state index in [4.69, 9.17) is 4.74 Å². The summed E-state index contributed by atoms with van der Waals surface area (Å²) in [5.74, 6) is -0.570. The molecule has 0 radical (unpaired) electrons. The van der Waals surface area contributed by atoms with E-state index < -0.39 is 23.6 Å². The van der Waals surface area contributed by atoms with E-state index in [1.165, 1.54) is 0 Å². The maximum absolute atomic E-state index is 12.5. The third kappa shape index (κ3) is 3.59. The summed E-state index contributed by atoms with van der Waals surface area (Å²) in [4.78, 5) is 36.8. The first-order chi connectivity index (χ1) is 12.3. The van der Waals surface area contributed by atoms with E-state index >= 15 is 0 Å². The van der Waals surface area contributed by atoms with Gasteiger partial charge in [-0.1, -0.05) is 6.92 Å². The molecule has 0 fully saturated rings. The Morgan fingerprint density at radius 2 is 2.04 bits per heavy atom. The molecule has 1 unspecified atom stereocenters. The summed E-state index contributed by atoms with van der Waals surface area (Å²) in [6.07, 6.45) is 0.476. The molecule has 26 heavy (non-hydrogen) atoms. The maximum atomic E-state index is 12.5. The first-order valence-electron chi connectivity index (χ1n) is 8.30. The van der Waals surface area contributed by atoms with Gasteiger partial charge < -0.3 is 15.4 Å². The van der Waals surface area contributed by atoms with Crippen LogP contribution >= 0.6 is 0 Å². The van der Waals surface area contributed by atoms with Crippen molar-refractivity contribution in [3.05, 3.63) is 38.4 Å². The molecule has 0 aliphatic carbocycles. The quantitative estimate of drug-likeness (QED) is 0.743. The van der Waals surface area contributed by atoms with E-state index in [-0.39, 0.29) is 30.0 Å². The number of hydrogen-bond donors (Lipinski definition) is 2.